The normalized spacial score (nSPS) is 10.2. The van der Waals surface area contributed by atoms with Gasteiger partial charge in [-0.2, -0.15) is 4.39 Å². The Hall–Kier alpha value is -2.24. The second-order valence-corrected chi connectivity index (χ2v) is 3.42. The van der Waals surface area contributed by atoms with Crippen LogP contribution in [0.25, 0.3) is 0 Å². The van der Waals surface area contributed by atoms with E-state index in [1.807, 2.05) is 0 Å². The molecule has 0 bridgehead atoms. The van der Waals surface area contributed by atoms with Crippen LogP contribution in [0.3, 0.4) is 0 Å². The molecule has 0 unspecified atom stereocenters. The molecule has 0 aliphatic carbocycles. The van der Waals surface area contributed by atoms with Crippen LogP contribution in [-0.4, -0.2) is 15.9 Å². The first-order chi connectivity index (χ1) is 8.15. The number of nitrogens with zero attached hydrogens (tertiary/aromatic N) is 2. The van der Waals surface area contributed by atoms with Crippen molar-refractivity contribution in [2.24, 2.45) is 0 Å². The van der Waals surface area contributed by atoms with Crippen molar-refractivity contribution in [3.63, 3.8) is 0 Å². The molecule has 2 heterocycles. The monoisotopic (exact) mass is 235 g/mol. The number of hydrogen-bond donors (Lipinski definition) is 1. The summed E-state index contributed by atoms with van der Waals surface area (Å²) in [5.74, 6) is 0.127. The van der Waals surface area contributed by atoms with Gasteiger partial charge in [0.05, 0.1) is 18.3 Å². The minimum atomic E-state index is -0.620. The van der Waals surface area contributed by atoms with E-state index in [0.717, 1.165) is 6.07 Å². The van der Waals surface area contributed by atoms with E-state index in [0.29, 0.717) is 11.7 Å². The number of nitrogens with one attached hydrogen (secondary N) is 1. The Morgan fingerprint density at radius 2 is 2.24 bits per heavy atom. The predicted octanol–water partition coefficient (Wildman–Crippen LogP) is 1.45. The molecule has 1 amide bonds. The molecule has 6 heteroatoms. The molecule has 0 aliphatic rings. The summed E-state index contributed by atoms with van der Waals surface area (Å²) in [5, 5.41) is 2.59. The number of amides is 1. The zero-order valence-corrected chi connectivity index (χ0v) is 9.11. The van der Waals surface area contributed by atoms with Crippen LogP contribution in [0.15, 0.2) is 28.9 Å². The molecule has 17 heavy (non-hydrogen) atoms. The zero-order valence-electron chi connectivity index (χ0n) is 9.11. The topological polar surface area (TPSA) is 68.0 Å². The maximum atomic E-state index is 12.5. The summed E-state index contributed by atoms with van der Waals surface area (Å²) >= 11 is 0. The standard InChI is InChI=1S/C11H10FN3O2/c1-7-4-14-10(17-7)6-15-11(16)8-2-3-9(12)13-5-8/h2-5H,6H2,1H3,(H,15,16). The summed E-state index contributed by atoms with van der Waals surface area (Å²) in [6, 6.07) is 2.49. The Balaban J connectivity index is 1.95. The molecule has 0 fully saturated rings. The van der Waals surface area contributed by atoms with Crippen LogP contribution in [0, 0.1) is 12.9 Å². The third kappa shape index (κ3) is 2.87. The fraction of sp³-hybridized carbons (Fsp3) is 0.182. The molecular weight excluding hydrogens is 225 g/mol. The lowest BCUT2D eigenvalue weighted by Gasteiger charge is -2.01. The molecule has 88 valence electrons. The highest BCUT2D eigenvalue weighted by atomic mass is 19.1. The summed E-state index contributed by atoms with van der Waals surface area (Å²) in [4.78, 5) is 18.9. The molecule has 0 spiro atoms. The van der Waals surface area contributed by atoms with Gasteiger partial charge in [-0.05, 0) is 19.1 Å². The van der Waals surface area contributed by atoms with Gasteiger partial charge in [-0.3, -0.25) is 4.79 Å². The Kier molecular flexibility index (Phi) is 3.13. The van der Waals surface area contributed by atoms with E-state index in [-0.39, 0.29) is 18.0 Å². The number of carbonyl (C=O) groups is 1. The van der Waals surface area contributed by atoms with E-state index >= 15 is 0 Å². The average Bonchev–Trinajstić information content (AvgIpc) is 2.73. The van der Waals surface area contributed by atoms with Crippen LogP contribution in [-0.2, 0) is 6.54 Å². The van der Waals surface area contributed by atoms with Crippen molar-refractivity contribution < 1.29 is 13.6 Å². The van der Waals surface area contributed by atoms with Crippen LogP contribution in [0.4, 0.5) is 4.39 Å². The van der Waals surface area contributed by atoms with Crippen molar-refractivity contribution >= 4 is 5.91 Å². The summed E-state index contributed by atoms with van der Waals surface area (Å²) in [6.07, 6.45) is 2.74. The molecule has 0 aliphatic heterocycles. The molecule has 2 rings (SSSR count). The molecule has 0 saturated heterocycles. The minimum absolute atomic E-state index is 0.185. The van der Waals surface area contributed by atoms with Gasteiger partial charge in [-0.15, -0.1) is 0 Å². The highest BCUT2D eigenvalue weighted by Gasteiger charge is 2.07. The maximum Gasteiger partial charge on any atom is 0.253 e. The van der Waals surface area contributed by atoms with E-state index in [2.05, 4.69) is 15.3 Å². The largest absolute Gasteiger partial charge is 0.444 e. The molecule has 0 atom stereocenters. The molecular formula is C11H10FN3O2. The summed E-state index contributed by atoms with van der Waals surface area (Å²) < 4.78 is 17.7. The highest BCUT2D eigenvalue weighted by molar-refractivity contribution is 5.93. The highest BCUT2D eigenvalue weighted by Crippen LogP contribution is 2.02. The lowest BCUT2D eigenvalue weighted by Crippen LogP contribution is -2.23. The second kappa shape index (κ2) is 4.73. The Bertz CT molecular complexity index is 522. The SMILES string of the molecule is Cc1cnc(CNC(=O)c2ccc(F)nc2)o1. The lowest BCUT2D eigenvalue weighted by molar-refractivity contribution is 0.0946. The summed E-state index contributed by atoms with van der Waals surface area (Å²) in [5.41, 5.74) is 0.287. The van der Waals surface area contributed by atoms with E-state index in [1.165, 1.54) is 12.3 Å². The van der Waals surface area contributed by atoms with Gasteiger partial charge < -0.3 is 9.73 Å². The van der Waals surface area contributed by atoms with Crippen LogP contribution < -0.4 is 5.32 Å². The summed E-state index contributed by atoms with van der Waals surface area (Å²) in [6.45, 7) is 1.95. The molecule has 0 aromatic carbocycles. The zero-order chi connectivity index (χ0) is 12.3. The number of aryl methyl sites for hydroxylation is 1. The molecule has 0 saturated carbocycles. The number of aromatic nitrogens is 2. The Morgan fingerprint density at radius 1 is 1.41 bits per heavy atom. The van der Waals surface area contributed by atoms with Crippen molar-refractivity contribution in [1.82, 2.24) is 15.3 Å². The lowest BCUT2D eigenvalue weighted by atomic mass is 10.3. The number of halogens is 1. The maximum absolute atomic E-state index is 12.5. The van der Waals surface area contributed by atoms with Gasteiger partial charge >= 0.3 is 0 Å². The first-order valence-corrected chi connectivity index (χ1v) is 4.96. The van der Waals surface area contributed by atoms with Gasteiger partial charge in [-0.25, -0.2) is 9.97 Å². The number of rotatable bonds is 3. The number of pyridine rings is 1. The van der Waals surface area contributed by atoms with E-state index in [1.54, 1.807) is 13.1 Å². The van der Waals surface area contributed by atoms with Gasteiger partial charge in [0.2, 0.25) is 11.8 Å². The van der Waals surface area contributed by atoms with E-state index in [9.17, 15) is 9.18 Å². The van der Waals surface area contributed by atoms with Gasteiger partial charge in [-0.1, -0.05) is 0 Å². The van der Waals surface area contributed by atoms with Gasteiger partial charge in [0.25, 0.3) is 5.91 Å². The third-order valence-corrected chi connectivity index (χ3v) is 2.06. The molecule has 2 aromatic rings. The quantitative estimate of drug-likeness (QED) is 0.817. The minimum Gasteiger partial charge on any atom is -0.444 e. The van der Waals surface area contributed by atoms with Crippen LogP contribution in [0.1, 0.15) is 22.0 Å². The van der Waals surface area contributed by atoms with Gasteiger partial charge in [0.15, 0.2) is 0 Å². The van der Waals surface area contributed by atoms with Crippen molar-refractivity contribution in [2.75, 3.05) is 0 Å². The van der Waals surface area contributed by atoms with Crippen molar-refractivity contribution in [3.05, 3.63) is 47.7 Å². The Morgan fingerprint density at radius 3 is 2.82 bits per heavy atom. The fourth-order valence-corrected chi connectivity index (χ4v) is 1.25. The third-order valence-electron chi connectivity index (χ3n) is 2.06. The van der Waals surface area contributed by atoms with Gasteiger partial charge in [0.1, 0.15) is 5.76 Å². The van der Waals surface area contributed by atoms with Crippen LogP contribution in [0.5, 0.6) is 0 Å². The van der Waals surface area contributed by atoms with Crippen LogP contribution in [0.2, 0.25) is 0 Å². The van der Waals surface area contributed by atoms with Crippen LogP contribution >= 0.6 is 0 Å². The first-order valence-electron chi connectivity index (χ1n) is 4.96. The second-order valence-electron chi connectivity index (χ2n) is 3.42. The Labute approximate surface area is 96.7 Å². The van der Waals surface area contributed by atoms with Gasteiger partial charge in [0, 0.05) is 6.20 Å². The first kappa shape index (κ1) is 11.3. The van der Waals surface area contributed by atoms with Crippen molar-refractivity contribution in [2.45, 2.75) is 13.5 Å². The molecule has 1 N–H and O–H groups in total. The van der Waals surface area contributed by atoms with Crippen molar-refractivity contribution in [3.8, 4) is 0 Å². The average molecular weight is 235 g/mol. The molecule has 2 aromatic heterocycles. The number of oxazole rings is 1. The molecule has 5 nitrogen and oxygen atoms in total. The number of carbonyl (C=O) groups excluding carboxylic acids is 1. The smallest absolute Gasteiger partial charge is 0.253 e. The number of hydrogen-bond acceptors (Lipinski definition) is 4. The van der Waals surface area contributed by atoms with Crippen molar-refractivity contribution in [1.29, 1.82) is 0 Å². The molecule has 0 radical (unpaired) electrons. The van der Waals surface area contributed by atoms with E-state index in [4.69, 9.17) is 4.42 Å². The van der Waals surface area contributed by atoms with E-state index < -0.39 is 5.95 Å². The summed E-state index contributed by atoms with van der Waals surface area (Å²) in [7, 11) is 0. The predicted molar refractivity (Wildman–Crippen MR) is 56.6 cm³/mol. The fourth-order valence-electron chi connectivity index (χ4n) is 1.25.